The molecule has 0 aliphatic carbocycles. The highest BCUT2D eigenvalue weighted by molar-refractivity contribution is 6.06. The number of para-hydroxylation sites is 1. The smallest absolute Gasteiger partial charge is 0.326 e. The molecule has 19 heteroatoms. The number of carboxylic acids is 1. The molecular weight excluding hydrogens is 861 g/mol. The molecule has 3 heterocycles. The number of likely N-dealkylation sites (N-methyl/N-ethyl adjacent to an activating group) is 1. The van der Waals surface area contributed by atoms with Crippen LogP contribution in [0.4, 0.5) is 11.5 Å². The summed E-state index contributed by atoms with van der Waals surface area (Å²) in [6, 6.07) is 13.4. The van der Waals surface area contributed by atoms with Crippen molar-refractivity contribution in [3.05, 3.63) is 71.9 Å². The number of nitrogens with two attached hydrogens (primary N) is 2. The quantitative estimate of drug-likeness (QED) is 0.0277. The number of imidazole rings is 1. The van der Waals surface area contributed by atoms with Gasteiger partial charge in [0.1, 0.15) is 35.2 Å². The number of amidine groups is 1. The number of benzene rings is 2. The third-order valence-electron chi connectivity index (χ3n) is 11.4. The summed E-state index contributed by atoms with van der Waals surface area (Å²) in [4.78, 5) is 52.8. The Hall–Kier alpha value is -6.02. The van der Waals surface area contributed by atoms with Crippen LogP contribution in [0.1, 0.15) is 75.5 Å². The molecule has 2 atom stereocenters. The van der Waals surface area contributed by atoms with E-state index in [4.69, 9.17) is 35.4 Å². The van der Waals surface area contributed by atoms with E-state index in [2.05, 4.69) is 57.3 Å². The fourth-order valence-electron chi connectivity index (χ4n) is 7.61. The maximum Gasteiger partial charge on any atom is 0.326 e. The molecule has 1 aliphatic heterocycles. The van der Waals surface area contributed by atoms with E-state index in [1.807, 2.05) is 30.1 Å². The van der Waals surface area contributed by atoms with E-state index in [1.54, 1.807) is 24.3 Å². The molecule has 0 bridgehead atoms. The van der Waals surface area contributed by atoms with Gasteiger partial charge in [-0.2, -0.15) is 0 Å². The summed E-state index contributed by atoms with van der Waals surface area (Å²) in [6.45, 7) is 12.5. The van der Waals surface area contributed by atoms with Crippen LogP contribution >= 0.6 is 0 Å². The number of fused-ring (bicyclic) bond motifs is 3. The summed E-state index contributed by atoms with van der Waals surface area (Å²) in [7, 11) is 1.81. The number of aromatic nitrogens is 3. The predicted octanol–water partition coefficient (Wildman–Crippen LogP) is 4.64. The molecule has 67 heavy (non-hydrogen) atoms. The number of aliphatic hydroxyl groups is 1. The average molecular weight is 931 g/mol. The third kappa shape index (κ3) is 15.8. The zero-order valence-corrected chi connectivity index (χ0v) is 39.4. The largest absolute Gasteiger partial charge is 0.513 e. The highest BCUT2D eigenvalue weighted by Gasteiger charge is 2.26. The van der Waals surface area contributed by atoms with Gasteiger partial charge in [0.15, 0.2) is 5.82 Å². The molecule has 19 nitrogen and oxygen atoms in total. The first-order chi connectivity index (χ1) is 32.3. The van der Waals surface area contributed by atoms with Crippen molar-refractivity contribution in [2.75, 3.05) is 90.6 Å². The summed E-state index contributed by atoms with van der Waals surface area (Å²) < 4.78 is 25.4. The number of ether oxygens (including phenoxy) is 4. The molecule has 1 aliphatic rings. The Morgan fingerprint density at radius 3 is 2.31 bits per heavy atom. The normalized spacial score (nSPS) is 15.2. The lowest BCUT2D eigenvalue weighted by molar-refractivity contribution is -0.139. The van der Waals surface area contributed by atoms with E-state index in [9.17, 15) is 24.6 Å². The summed E-state index contributed by atoms with van der Waals surface area (Å²) in [5.74, 6) is -0.351. The molecule has 0 fully saturated rings. The van der Waals surface area contributed by atoms with Crippen LogP contribution in [0.2, 0.25) is 0 Å². The number of nitrogens with zero attached hydrogens (tertiary/aromatic N) is 5. The number of nitrogen functional groups attached to an aromatic ring is 1. The molecule has 0 radical (unpaired) electrons. The van der Waals surface area contributed by atoms with Gasteiger partial charge in [0.25, 0.3) is 5.91 Å². The predicted molar refractivity (Wildman–Crippen MR) is 259 cm³/mol. The van der Waals surface area contributed by atoms with Crippen molar-refractivity contribution in [1.82, 2.24) is 30.1 Å². The zero-order chi connectivity index (χ0) is 48.2. The van der Waals surface area contributed by atoms with Gasteiger partial charge in [-0.15, -0.1) is 0 Å². The molecule has 0 spiro atoms. The molecule has 5 rings (SSSR count). The Morgan fingerprint density at radius 2 is 1.61 bits per heavy atom. The van der Waals surface area contributed by atoms with Crippen molar-refractivity contribution < 1.29 is 43.5 Å². The van der Waals surface area contributed by atoms with Gasteiger partial charge in [-0.25, -0.2) is 14.8 Å². The minimum absolute atomic E-state index is 0.0541. The van der Waals surface area contributed by atoms with Gasteiger partial charge in [0.05, 0.1) is 56.7 Å². The molecule has 2 amide bonds. The van der Waals surface area contributed by atoms with Crippen molar-refractivity contribution in [1.29, 1.82) is 0 Å². The van der Waals surface area contributed by atoms with E-state index in [-0.39, 0.29) is 41.6 Å². The van der Waals surface area contributed by atoms with Crippen molar-refractivity contribution in [3.63, 3.8) is 0 Å². The molecule has 0 saturated heterocycles. The lowest BCUT2D eigenvalue weighted by atomic mass is 9.94. The van der Waals surface area contributed by atoms with Crippen LogP contribution in [-0.2, 0) is 41.5 Å². The molecule has 9 N–H and O–H groups in total. The highest BCUT2D eigenvalue weighted by atomic mass is 16.5. The second kappa shape index (κ2) is 26.4. The molecule has 4 aromatic rings. The van der Waals surface area contributed by atoms with E-state index in [1.165, 1.54) is 0 Å². The first kappa shape index (κ1) is 52.0. The van der Waals surface area contributed by atoms with Crippen LogP contribution in [-0.4, -0.2) is 145 Å². The van der Waals surface area contributed by atoms with Gasteiger partial charge in [-0.3, -0.25) is 14.6 Å². The van der Waals surface area contributed by atoms with E-state index < -0.39 is 17.9 Å². The van der Waals surface area contributed by atoms with E-state index in [0.717, 1.165) is 71.9 Å². The maximum atomic E-state index is 12.8. The Labute approximate surface area is 392 Å². The third-order valence-corrected chi connectivity index (χ3v) is 11.4. The average Bonchev–Trinajstić information content (AvgIpc) is 3.67. The Kier molecular flexibility index (Phi) is 20.4. The molecule has 2 aromatic heterocycles. The second-order valence-corrected chi connectivity index (χ2v) is 17.4. The number of unbranched alkanes of at least 4 members (excludes halogenated alkanes) is 1. The fourth-order valence-corrected chi connectivity index (χ4v) is 7.61. The van der Waals surface area contributed by atoms with Crippen molar-refractivity contribution in [3.8, 4) is 0 Å². The lowest BCUT2D eigenvalue weighted by Crippen LogP contribution is -2.46. The molecular formula is C48H70N10O9. The Morgan fingerprint density at radius 1 is 0.925 bits per heavy atom. The van der Waals surface area contributed by atoms with Crippen molar-refractivity contribution >= 4 is 57.1 Å². The standard InChI is InChI=1S/C48H70N10O9/c1-5-6-13-40-56-42-43(36-11-7-8-12-37(36)54-45(42)50)58(40)31-48(2,3)32-67-23-10-22-65-25-27-66-26-24-64-21-9-20-51-41(60)19-18-38(47(62)63)55-46(61)33-14-16-34(17-15-33)52-28-35-29-53-44(49)39(30-59)57(35)4/h7-8,11-12,14-17,30,35,38,52,59H,5-6,9-10,13,18-29,31-32H2,1-4H3,(H2,49,53)(H2,50,54)(H,51,60)(H,55,61)(H,62,63). The zero-order valence-electron chi connectivity index (χ0n) is 39.4. The van der Waals surface area contributed by atoms with Crippen LogP contribution < -0.4 is 27.4 Å². The summed E-state index contributed by atoms with van der Waals surface area (Å²) in [5, 5.41) is 28.7. The van der Waals surface area contributed by atoms with Crippen LogP contribution in [0.5, 0.6) is 0 Å². The van der Waals surface area contributed by atoms with E-state index in [0.29, 0.717) is 90.4 Å². The Balaban J connectivity index is 0.858. The van der Waals surface area contributed by atoms with Gasteiger partial charge in [0.2, 0.25) is 5.91 Å². The van der Waals surface area contributed by atoms with Crippen LogP contribution in [0, 0.1) is 5.41 Å². The van der Waals surface area contributed by atoms with Gasteiger partial charge in [0, 0.05) is 81.4 Å². The molecule has 2 aromatic carbocycles. The minimum Gasteiger partial charge on any atom is -0.513 e. The summed E-state index contributed by atoms with van der Waals surface area (Å²) in [6.07, 6.45) is 5.13. The number of rotatable bonds is 30. The van der Waals surface area contributed by atoms with Gasteiger partial charge < -0.3 is 66.0 Å². The first-order valence-corrected chi connectivity index (χ1v) is 23.2. The van der Waals surface area contributed by atoms with E-state index >= 15 is 0 Å². The van der Waals surface area contributed by atoms with Gasteiger partial charge >= 0.3 is 5.97 Å². The first-order valence-electron chi connectivity index (χ1n) is 23.2. The molecule has 0 saturated carbocycles. The van der Waals surface area contributed by atoms with Crippen molar-refractivity contribution in [2.24, 2.45) is 16.1 Å². The number of carbonyl (C=O) groups is 3. The fraction of sp³-hybridized carbons (Fsp3) is 0.542. The number of carboxylic acid groups (broad SMARTS) is 1. The number of pyridine rings is 1. The maximum absolute atomic E-state index is 12.8. The van der Waals surface area contributed by atoms with Gasteiger partial charge in [-0.05, 0) is 56.0 Å². The summed E-state index contributed by atoms with van der Waals surface area (Å²) in [5.41, 5.74) is 16.2. The highest BCUT2D eigenvalue weighted by Crippen LogP contribution is 2.32. The number of nitrogens with one attached hydrogen (secondary N) is 3. The monoisotopic (exact) mass is 931 g/mol. The Bertz CT molecular complexity index is 2280. The van der Waals surface area contributed by atoms with Gasteiger partial charge in [-0.1, -0.05) is 45.4 Å². The number of aliphatic carboxylic acids is 1. The molecule has 2 unspecified atom stereocenters. The SMILES string of the molecule is CCCCc1nc2c(N)nc3ccccc3c2n1CC(C)(C)COCCCOCCOCCOCCCNC(=O)CCC(NC(=O)c1ccc(NCC2CN=C(N)C(=CO)N2C)cc1)C(=O)O. The molecule has 366 valence electrons. The number of carbonyl (C=O) groups excluding carboxylic acids is 2. The number of hydrogen-bond acceptors (Lipinski definition) is 15. The van der Waals surface area contributed by atoms with Crippen LogP contribution in [0.25, 0.3) is 21.9 Å². The second-order valence-electron chi connectivity index (χ2n) is 17.4. The van der Waals surface area contributed by atoms with Crippen LogP contribution in [0.3, 0.4) is 0 Å². The number of amides is 2. The lowest BCUT2D eigenvalue weighted by Gasteiger charge is -2.34. The number of aryl methyl sites for hydroxylation is 1. The minimum atomic E-state index is -1.24. The topological polar surface area (TPSA) is 263 Å². The number of aliphatic hydroxyl groups excluding tert-OH is 1. The number of aliphatic imine (C=N–C) groups is 1. The number of hydrogen-bond donors (Lipinski definition) is 7. The van der Waals surface area contributed by atoms with Crippen LogP contribution in [0.15, 0.2) is 65.5 Å². The van der Waals surface area contributed by atoms with Crippen molar-refractivity contribution in [2.45, 2.75) is 84.3 Å². The number of anilines is 2. The summed E-state index contributed by atoms with van der Waals surface area (Å²) >= 11 is 0.